The summed E-state index contributed by atoms with van der Waals surface area (Å²) in [5, 5.41) is 0.704. The van der Waals surface area contributed by atoms with Gasteiger partial charge in [0.2, 0.25) is 0 Å². The second-order valence-electron chi connectivity index (χ2n) is 3.81. The van der Waals surface area contributed by atoms with E-state index in [1.807, 2.05) is 0 Å². The lowest BCUT2D eigenvalue weighted by atomic mass is 10.1. The Labute approximate surface area is 132 Å². The molecule has 0 radical (unpaired) electrons. The molecule has 0 heterocycles. The van der Waals surface area contributed by atoms with Gasteiger partial charge in [0.15, 0.2) is 0 Å². The smallest absolute Gasteiger partial charge is 0.338 e. The largest absolute Gasteiger partial charge is 0.466 e. The molecule has 0 N–H and O–H groups in total. The molecule has 0 bridgehead atoms. The molecule has 0 amide bonds. The topological polar surface area (TPSA) is 52.6 Å². The molecular formula is C15H14Cl2O4. The Hall–Kier alpha value is -1.78. The molecule has 0 atom stereocenters. The number of carbonyl (C=O) groups excluding carboxylic acids is 2. The van der Waals surface area contributed by atoms with Crippen LogP contribution in [0.4, 0.5) is 0 Å². The molecule has 0 saturated carbocycles. The third kappa shape index (κ3) is 5.25. The van der Waals surface area contributed by atoms with Crippen LogP contribution in [0.25, 0.3) is 5.57 Å². The van der Waals surface area contributed by atoms with Crippen LogP contribution in [0.3, 0.4) is 0 Å². The Kier molecular flexibility index (Phi) is 6.99. The summed E-state index contributed by atoms with van der Waals surface area (Å²) in [4.78, 5) is 23.0. The van der Waals surface area contributed by atoms with Crippen LogP contribution in [0.1, 0.15) is 12.5 Å². The van der Waals surface area contributed by atoms with Crippen molar-refractivity contribution in [2.75, 3.05) is 13.7 Å². The number of esters is 2. The Balaban J connectivity index is 3.15. The van der Waals surface area contributed by atoms with Crippen LogP contribution in [-0.2, 0) is 19.1 Å². The van der Waals surface area contributed by atoms with E-state index < -0.39 is 11.9 Å². The molecule has 1 aromatic carbocycles. The number of hydrogen-bond donors (Lipinski definition) is 0. The maximum Gasteiger partial charge on any atom is 0.338 e. The number of allylic oxidation sites excluding steroid dienone is 2. The number of hydrogen-bond acceptors (Lipinski definition) is 4. The monoisotopic (exact) mass is 328 g/mol. The van der Waals surface area contributed by atoms with E-state index in [-0.39, 0.29) is 12.2 Å². The van der Waals surface area contributed by atoms with Crippen molar-refractivity contribution < 1.29 is 19.1 Å². The van der Waals surface area contributed by atoms with Crippen molar-refractivity contribution in [2.45, 2.75) is 6.92 Å². The first kappa shape index (κ1) is 17.3. The van der Waals surface area contributed by atoms with E-state index in [0.29, 0.717) is 15.6 Å². The molecule has 112 valence electrons. The highest BCUT2D eigenvalue weighted by molar-refractivity contribution is 6.42. The first-order valence-corrected chi connectivity index (χ1v) is 6.84. The van der Waals surface area contributed by atoms with Crippen molar-refractivity contribution in [1.82, 2.24) is 0 Å². The van der Waals surface area contributed by atoms with Crippen molar-refractivity contribution in [2.24, 2.45) is 0 Å². The average molecular weight is 329 g/mol. The van der Waals surface area contributed by atoms with Crippen LogP contribution in [0.2, 0.25) is 10.0 Å². The van der Waals surface area contributed by atoms with Gasteiger partial charge in [-0.05, 0) is 30.7 Å². The van der Waals surface area contributed by atoms with Crippen molar-refractivity contribution in [3.05, 3.63) is 52.0 Å². The molecule has 0 aliphatic carbocycles. The summed E-state index contributed by atoms with van der Waals surface area (Å²) in [5.74, 6) is -1.05. The van der Waals surface area contributed by atoms with Gasteiger partial charge in [0.05, 0.1) is 29.3 Å². The molecule has 0 unspecified atom stereocenters. The molecule has 0 fully saturated rings. The number of carbonyl (C=O) groups is 2. The summed E-state index contributed by atoms with van der Waals surface area (Å²) in [5.41, 5.74) is 0.799. The van der Waals surface area contributed by atoms with Crippen LogP contribution in [0.15, 0.2) is 36.4 Å². The summed E-state index contributed by atoms with van der Waals surface area (Å²) >= 11 is 11.8. The molecule has 0 spiro atoms. The first-order chi connectivity index (χ1) is 9.99. The molecule has 0 aliphatic heterocycles. The highest BCUT2D eigenvalue weighted by Crippen LogP contribution is 2.26. The molecule has 1 rings (SSSR count). The van der Waals surface area contributed by atoms with E-state index in [1.54, 1.807) is 25.1 Å². The molecule has 6 heteroatoms. The quantitative estimate of drug-likeness (QED) is 0.470. The van der Waals surface area contributed by atoms with Gasteiger partial charge in [-0.25, -0.2) is 9.59 Å². The SMILES string of the molecule is CCOC(=O)/C(=C/C=C\C(=O)OC)c1ccc(Cl)c(Cl)c1. The molecule has 21 heavy (non-hydrogen) atoms. The highest BCUT2D eigenvalue weighted by Gasteiger charge is 2.13. The maximum atomic E-state index is 12.0. The van der Waals surface area contributed by atoms with Gasteiger partial charge in [0, 0.05) is 6.08 Å². The number of benzene rings is 1. The van der Waals surface area contributed by atoms with E-state index in [2.05, 4.69) is 4.74 Å². The predicted molar refractivity (Wildman–Crippen MR) is 82.2 cm³/mol. The zero-order valence-electron chi connectivity index (χ0n) is 11.6. The third-order valence-electron chi connectivity index (χ3n) is 2.42. The standard InChI is InChI=1S/C15H14Cl2O4/c1-3-21-15(19)11(5-4-6-14(18)20-2)10-7-8-12(16)13(17)9-10/h4-9H,3H2,1-2H3/b6-4-,11-5+. The number of halogens is 2. The van der Waals surface area contributed by atoms with E-state index in [0.717, 1.165) is 0 Å². The molecule has 0 aliphatic rings. The Morgan fingerprint density at radius 1 is 1.24 bits per heavy atom. The lowest BCUT2D eigenvalue weighted by Gasteiger charge is -2.07. The highest BCUT2D eigenvalue weighted by atomic mass is 35.5. The Morgan fingerprint density at radius 2 is 1.95 bits per heavy atom. The number of methoxy groups -OCH3 is 1. The number of rotatable bonds is 5. The fraction of sp³-hybridized carbons (Fsp3) is 0.200. The average Bonchev–Trinajstić information content (AvgIpc) is 2.46. The lowest BCUT2D eigenvalue weighted by molar-refractivity contribution is -0.136. The van der Waals surface area contributed by atoms with Crippen molar-refractivity contribution in [3.8, 4) is 0 Å². The lowest BCUT2D eigenvalue weighted by Crippen LogP contribution is -2.07. The van der Waals surface area contributed by atoms with Crippen LogP contribution >= 0.6 is 23.2 Å². The first-order valence-electron chi connectivity index (χ1n) is 6.08. The van der Waals surface area contributed by atoms with Gasteiger partial charge in [0.25, 0.3) is 0 Å². The minimum Gasteiger partial charge on any atom is -0.466 e. The third-order valence-corrected chi connectivity index (χ3v) is 3.16. The molecule has 0 saturated heterocycles. The van der Waals surface area contributed by atoms with Crippen LogP contribution in [0.5, 0.6) is 0 Å². The van der Waals surface area contributed by atoms with Gasteiger partial charge < -0.3 is 9.47 Å². The van der Waals surface area contributed by atoms with Gasteiger partial charge in [0.1, 0.15) is 0 Å². The summed E-state index contributed by atoms with van der Waals surface area (Å²) in [6.45, 7) is 1.94. The molecule has 4 nitrogen and oxygen atoms in total. The summed E-state index contributed by atoms with van der Waals surface area (Å²) in [6, 6.07) is 4.78. The minimum absolute atomic E-state index is 0.234. The normalized spacial score (nSPS) is 11.5. The van der Waals surface area contributed by atoms with Gasteiger partial charge in [-0.3, -0.25) is 0 Å². The summed E-state index contributed by atoms with van der Waals surface area (Å²) in [7, 11) is 1.27. The second kappa shape index (κ2) is 8.49. The van der Waals surface area contributed by atoms with Gasteiger partial charge in [-0.1, -0.05) is 35.3 Å². The second-order valence-corrected chi connectivity index (χ2v) is 4.63. The van der Waals surface area contributed by atoms with Crippen LogP contribution in [-0.4, -0.2) is 25.7 Å². The van der Waals surface area contributed by atoms with E-state index >= 15 is 0 Å². The van der Waals surface area contributed by atoms with Gasteiger partial charge in [-0.2, -0.15) is 0 Å². The summed E-state index contributed by atoms with van der Waals surface area (Å²) < 4.78 is 9.45. The zero-order chi connectivity index (χ0) is 15.8. The molecular weight excluding hydrogens is 315 g/mol. The van der Waals surface area contributed by atoms with Gasteiger partial charge >= 0.3 is 11.9 Å². The van der Waals surface area contributed by atoms with Crippen LogP contribution < -0.4 is 0 Å². The summed E-state index contributed by atoms with van der Waals surface area (Å²) in [6.07, 6.45) is 4.05. The van der Waals surface area contributed by atoms with Crippen LogP contribution in [0, 0.1) is 0 Å². The van der Waals surface area contributed by atoms with E-state index in [4.69, 9.17) is 27.9 Å². The van der Waals surface area contributed by atoms with Gasteiger partial charge in [-0.15, -0.1) is 0 Å². The Bertz CT molecular complexity index is 591. The molecule has 1 aromatic rings. The van der Waals surface area contributed by atoms with E-state index in [1.165, 1.54) is 25.3 Å². The van der Waals surface area contributed by atoms with Crippen molar-refractivity contribution >= 4 is 40.7 Å². The molecule has 0 aromatic heterocycles. The maximum absolute atomic E-state index is 12.0. The predicted octanol–water partition coefficient (Wildman–Crippen LogP) is 3.67. The number of ether oxygens (including phenoxy) is 2. The Morgan fingerprint density at radius 3 is 2.52 bits per heavy atom. The van der Waals surface area contributed by atoms with Crippen molar-refractivity contribution in [1.29, 1.82) is 0 Å². The minimum atomic E-state index is -0.524. The van der Waals surface area contributed by atoms with E-state index in [9.17, 15) is 9.59 Å². The fourth-order valence-electron chi connectivity index (χ4n) is 1.45. The zero-order valence-corrected chi connectivity index (χ0v) is 13.1. The fourth-order valence-corrected chi connectivity index (χ4v) is 1.74. The van der Waals surface area contributed by atoms with Crippen molar-refractivity contribution in [3.63, 3.8) is 0 Å².